The van der Waals surface area contributed by atoms with Gasteiger partial charge in [-0.15, -0.1) is 0 Å². The van der Waals surface area contributed by atoms with Gasteiger partial charge in [0.1, 0.15) is 5.82 Å². The second-order valence-electron chi connectivity index (χ2n) is 6.77. The van der Waals surface area contributed by atoms with Gasteiger partial charge in [-0.05, 0) is 43.2 Å². The highest BCUT2D eigenvalue weighted by atomic mass is 32.1. The number of carbonyl (C=O) groups excluding carboxylic acids is 1. The quantitative estimate of drug-likeness (QED) is 0.608. The summed E-state index contributed by atoms with van der Waals surface area (Å²) in [5, 5.41) is 0. The van der Waals surface area contributed by atoms with Crippen molar-refractivity contribution in [3.05, 3.63) is 102 Å². The van der Waals surface area contributed by atoms with Crippen molar-refractivity contribution < 1.29 is 13.9 Å². The normalized spacial score (nSPS) is 16.2. The van der Waals surface area contributed by atoms with Crippen molar-refractivity contribution in [3.63, 3.8) is 0 Å². The SMILES string of the molecule is CCOC(=O)C1=C(C)N=c2s/c(=C\c3cccc(F)c3)c(=O)n2[C@H]1c1ccccc1. The molecule has 0 amide bonds. The Hall–Kier alpha value is -3.32. The predicted molar refractivity (Wildman–Crippen MR) is 113 cm³/mol. The van der Waals surface area contributed by atoms with Crippen molar-refractivity contribution in [1.29, 1.82) is 0 Å². The van der Waals surface area contributed by atoms with Crippen LogP contribution in [0, 0.1) is 5.82 Å². The fourth-order valence-corrected chi connectivity index (χ4v) is 4.54. The maximum atomic E-state index is 13.6. The topological polar surface area (TPSA) is 60.7 Å². The molecule has 0 N–H and O–H groups in total. The standard InChI is InChI=1S/C23H19FN2O3S/c1-3-29-22(28)19-14(2)25-23-26(20(19)16-9-5-4-6-10-16)21(27)18(30-23)13-15-8-7-11-17(24)12-15/h4-13,20H,3H2,1-2H3/b18-13-/t20-/m0/s1. The summed E-state index contributed by atoms with van der Waals surface area (Å²) >= 11 is 1.21. The molecule has 1 atom stereocenters. The summed E-state index contributed by atoms with van der Waals surface area (Å²) < 4.78 is 20.8. The highest BCUT2D eigenvalue weighted by molar-refractivity contribution is 7.07. The molecule has 0 spiro atoms. The van der Waals surface area contributed by atoms with Gasteiger partial charge in [0.25, 0.3) is 5.56 Å². The van der Waals surface area contributed by atoms with Crippen molar-refractivity contribution in [2.24, 2.45) is 4.99 Å². The Morgan fingerprint density at radius 1 is 1.23 bits per heavy atom. The molecule has 5 nitrogen and oxygen atoms in total. The minimum absolute atomic E-state index is 0.223. The van der Waals surface area contributed by atoms with Crippen LogP contribution in [0.2, 0.25) is 0 Å². The molecule has 0 saturated carbocycles. The number of hydrogen-bond donors (Lipinski definition) is 0. The van der Waals surface area contributed by atoms with Crippen molar-refractivity contribution in [2.75, 3.05) is 6.61 Å². The summed E-state index contributed by atoms with van der Waals surface area (Å²) in [6, 6.07) is 14.7. The van der Waals surface area contributed by atoms with Crippen LogP contribution in [0.25, 0.3) is 6.08 Å². The zero-order valence-electron chi connectivity index (χ0n) is 16.5. The molecule has 1 aliphatic heterocycles. The van der Waals surface area contributed by atoms with Crippen LogP contribution in [-0.4, -0.2) is 17.1 Å². The lowest BCUT2D eigenvalue weighted by atomic mass is 9.96. The average molecular weight is 422 g/mol. The van der Waals surface area contributed by atoms with E-state index in [4.69, 9.17) is 4.74 Å². The minimum Gasteiger partial charge on any atom is -0.463 e. The smallest absolute Gasteiger partial charge is 0.338 e. The van der Waals surface area contributed by atoms with Crippen LogP contribution in [0.5, 0.6) is 0 Å². The molecule has 0 bridgehead atoms. The number of hydrogen-bond acceptors (Lipinski definition) is 5. The number of allylic oxidation sites excluding steroid dienone is 1. The molecule has 152 valence electrons. The van der Waals surface area contributed by atoms with E-state index in [1.54, 1.807) is 32.1 Å². The molecule has 0 radical (unpaired) electrons. The lowest BCUT2D eigenvalue weighted by Gasteiger charge is -2.24. The average Bonchev–Trinajstić information content (AvgIpc) is 3.02. The summed E-state index contributed by atoms with van der Waals surface area (Å²) in [4.78, 5) is 31.1. The van der Waals surface area contributed by atoms with E-state index in [-0.39, 0.29) is 18.0 Å². The first-order chi connectivity index (χ1) is 14.5. The molecule has 0 unspecified atom stereocenters. The van der Waals surface area contributed by atoms with Crippen molar-refractivity contribution in [1.82, 2.24) is 4.57 Å². The number of benzene rings is 2. The van der Waals surface area contributed by atoms with Crippen molar-refractivity contribution in [3.8, 4) is 0 Å². The van der Waals surface area contributed by atoms with E-state index in [0.717, 1.165) is 5.56 Å². The van der Waals surface area contributed by atoms with Crippen LogP contribution in [0.15, 0.2) is 75.7 Å². The van der Waals surface area contributed by atoms with Gasteiger partial charge in [-0.3, -0.25) is 9.36 Å². The molecule has 30 heavy (non-hydrogen) atoms. The maximum absolute atomic E-state index is 13.6. The first-order valence-corrected chi connectivity index (χ1v) is 10.3. The van der Waals surface area contributed by atoms with Gasteiger partial charge in [0.15, 0.2) is 4.80 Å². The summed E-state index contributed by atoms with van der Waals surface area (Å²) in [5.41, 5.74) is 1.94. The van der Waals surface area contributed by atoms with E-state index < -0.39 is 12.0 Å². The van der Waals surface area contributed by atoms with Gasteiger partial charge in [-0.1, -0.05) is 53.8 Å². The molecule has 2 aromatic carbocycles. The number of fused-ring (bicyclic) bond motifs is 1. The Labute approximate surface area is 176 Å². The Balaban J connectivity index is 1.96. The Kier molecular flexibility index (Phi) is 5.46. The van der Waals surface area contributed by atoms with Gasteiger partial charge in [0, 0.05) is 0 Å². The van der Waals surface area contributed by atoms with Gasteiger partial charge in [0.2, 0.25) is 0 Å². The van der Waals surface area contributed by atoms with E-state index in [1.165, 1.54) is 28.0 Å². The Bertz CT molecular complexity index is 1320. The third kappa shape index (κ3) is 3.64. The summed E-state index contributed by atoms with van der Waals surface area (Å²) in [6.07, 6.45) is 1.64. The zero-order valence-corrected chi connectivity index (χ0v) is 17.3. The molecule has 7 heteroatoms. The van der Waals surface area contributed by atoms with Crippen LogP contribution < -0.4 is 14.9 Å². The van der Waals surface area contributed by atoms with Gasteiger partial charge < -0.3 is 4.74 Å². The summed E-state index contributed by atoms with van der Waals surface area (Å²) in [6.45, 7) is 3.70. The van der Waals surface area contributed by atoms with E-state index >= 15 is 0 Å². The van der Waals surface area contributed by atoms with Crippen molar-refractivity contribution >= 4 is 23.4 Å². The van der Waals surface area contributed by atoms with Gasteiger partial charge in [-0.25, -0.2) is 14.2 Å². The molecular weight excluding hydrogens is 403 g/mol. The fraction of sp³-hybridized carbons (Fsp3) is 0.174. The van der Waals surface area contributed by atoms with E-state index in [0.29, 0.717) is 26.2 Å². The van der Waals surface area contributed by atoms with Crippen LogP contribution in [0.4, 0.5) is 4.39 Å². The third-order valence-electron chi connectivity index (χ3n) is 4.78. The highest BCUT2D eigenvalue weighted by Gasteiger charge is 2.33. The molecule has 2 heterocycles. The third-order valence-corrected chi connectivity index (χ3v) is 5.76. The largest absolute Gasteiger partial charge is 0.463 e. The fourth-order valence-electron chi connectivity index (χ4n) is 3.49. The maximum Gasteiger partial charge on any atom is 0.338 e. The number of rotatable bonds is 4. The molecule has 1 aromatic heterocycles. The number of aromatic nitrogens is 1. The van der Waals surface area contributed by atoms with Crippen molar-refractivity contribution in [2.45, 2.75) is 19.9 Å². The summed E-state index contributed by atoms with van der Waals surface area (Å²) in [7, 11) is 0. The predicted octanol–water partition coefficient (Wildman–Crippen LogP) is 2.94. The second-order valence-corrected chi connectivity index (χ2v) is 7.78. The molecule has 0 aliphatic carbocycles. The number of esters is 1. The van der Waals surface area contributed by atoms with Crippen LogP contribution in [0.3, 0.4) is 0 Å². The van der Waals surface area contributed by atoms with Crippen LogP contribution >= 0.6 is 11.3 Å². The van der Waals surface area contributed by atoms with Gasteiger partial charge in [-0.2, -0.15) is 0 Å². The zero-order chi connectivity index (χ0) is 21.3. The lowest BCUT2D eigenvalue weighted by Crippen LogP contribution is -2.39. The lowest BCUT2D eigenvalue weighted by molar-refractivity contribution is -0.139. The molecular formula is C23H19FN2O3S. The number of halogens is 1. The first-order valence-electron chi connectivity index (χ1n) is 9.49. The first kappa shape index (κ1) is 20.0. The van der Waals surface area contributed by atoms with Gasteiger partial charge in [0.05, 0.1) is 28.5 Å². The van der Waals surface area contributed by atoms with Crippen LogP contribution in [0.1, 0.15) is 31.0 Å². The minimum atomic E-state index is -0.642. The Morgan fingerprint density at radius 3 is 2.70 bits per heavy atom. The second kappa shape index (κ2) is 8.20. The number of nitrogens with zero attached hydrogens (tertiary/aromatic N) is 2. The van der Waals surface area contributed by atoms with E-state index in [9.17, 15) is 14.0 Å². The summed E-state index contributed by atoms with van der Waals surface area (Å²) in [5.74, 6) is -0.869. The molecule has 1 aliphatic rings. The van der Waals surface area contributed by atoms with E-state index in [2.05, 4.69) is 4.99 Å². The number of carbonyl (C=O) groups is 1. The monoisotopic (exact) mass is 422 g/mol. The highest BCUT2D eigenvalue weighted by Crippen LogP contribution is 2.30. The number of ether oxygens (including phenoxy) is 1. The van der Waals surface area contributed by atoms with Crippen LogP contribution in [-0.2, 0) is 9.53 Å². The number of thiazole rings is 1. The Morgan fingerprint density at radius 2 is 2.00 bits per heavy atom. The van der Waals surface area contributed by atoms with Gasteiger partial charge >= 0.3 is 5.97 Å². The molecule has 3 aromatic rings. The molecule has 0 fully saturated rings. The molecule has 4 rings (SSSR count). The molecule has 0 saturated heterocycles. The van der Waals surface area contributed by atoms with E-state index in [1.807, 2.05) is 30.3 Å².